The van der Waals surface area contributed by atoms with Crippen molar-refractivity contribution in [3.05, 3.63) is 51.6 Å². The number of aromatic nitrogens is 1. The van der Waals surface area contributed by atoms with Gasteiger partial charge >= 0.3 is 0 Å². The Labute approximate surface area is 160 Å². The summed E-state index contributed by atoms with van der Waals surface area (Å²) in [6.45, 7) is 4.52. The van der Waals surface area contributed by atoms with Crippen LogP contribution in [0.4, 0.5) is 0 Å². The number of nitrogens with zero attached hydrogens (tertiary/aromatic N) is 2. The highest BCUT2D eigenvalue weighted by molar-refractivity contribution is 7.17. The summed E-state index contributed by atoms with van der Waals surface area (Å²) >= 11 is 3.09. The van der Waals surface area contributed by atoms with E-state index in [1.54, 1.807) is 17.6 Å². The van der Waals surface area contributed by atoms with Crippen LogP contribution in [0.2, 0.25) is 0 Å². The number of thiazole rings is 1. The number of thiophene rings is 1. The maximum Gasteiger partial charge on any atom is 0.263 e. The van der Waals surface area contributed by atoms with E-state index in [-0.39, 0.29) is 11.9 Å². The zero-order valence-corrected chi connectivity index (χ0v) is 16.2. The molecule has 136 valence electrons. The van der Waals surface area contributed by atoms with Crippen LogP contribution in [0.15, 0.2) is 39.6 Å². The molecule has 1 N–H and O–H groups in total. The van der Waals surface area contributed by atoms with E-state index in [2.05, 4.69) is 20.6 Å². The Balaban J connectivity index is 1.47. The molecule has 4 rings (SSSR count). The highest BCUT2D eigenvalue weighted by Crippen LogP contribution is 2.30. The number of amides is 1. The summed E-state index contributed by atoms with van der Waals surface area (Å²) in [7, 11) is 0. The van der Waals surface area contributed by atoms with Crippen molar-refractivity contribution in [1.82, 2.24) is 15.2 Å². The first kappa shape index (κ1) is 17.5. The van der Waals surface area contributed by atoms with Gasteiger partial charge in [0.2, 0.25) is 0 Å². The molecule has 1 unspecified atom stereocenters. The van der Waals surface area contributed by atoms with Gasteiger partial charge in [0, 0.05) is 17.5 Å². The standard InChI is InChI=1S/C19H21N3O2S2/c1-13-17(26-19(21-13)14-6-10-25-12-14)18(23)20-11-15(16-5-4-9-24-16)22-7-2-3-8-22/h4-6,9-10,12,15H,2-3,7-8,11H2,1H3,(H,20,23). The highest BCUT2D eigenvalue weighted by atomic mass is 32.1. The molecule has 0 spiro atoms. The fourth-order valence-corrected chi connectivity index (χ4v) is 5.02. The van der Waals surface area contributed by atoms with E-state index in [0.29, 0.717) is 11.4 Å². The molecule has 26 heavy (non-hydrogen) atoms. The molecule has 0 aromatic carbocycles. The molecule has 0 saturated carbocycles. The van der Waals surface area contributed by atoms with Crippen LogP contribution in [0, 0.1) is 6.92 Å². The Bertz CT molecular complexity index is 850. The molecule has 1 fully saturated rings. The number of likely N-dealkylation sites (tertiary alicyclic amines) is 1. The molecule has 1 atom stereocenters. The van der Waals surface area contributed by atoms with Gasteiger partial charge in [0.1, 0.15) is 15.6 Å². The first-order valence-electron chi connectivity index (χ1n) is 8.78. The summed E-state index contributed by atoms with van der Waals surface area (Å²) in [5.41, 5.74) is 1.86. The third kappa shape index (κ3) is 3.60. The minimum Gasteiger partial charge on any atom is -0.468 e. The lowest BCUT2D eigenvalue weighted by Gasteiger charge is -2.25. The molecular weight excluding hydrogens is 366 g/mol. The van der Waals surface area contributed by atoms with Gasteiger partial charge in [-0.25, -0.2) is 4.98 Å². The highest BCUT2D eigenvalue weighted by Gasteiger charge is 2.26. The Hall–Kier alpha value is -1.96. The smallest absolute Gasteiger partial charge is 0.263 e. The number of aryl methyl sites for hydroxylation is 1. The van der Waals surface area contributed by atoms with Gasteiger partial charge in [0.25, 0.3) is 5.91 Å². The van der Waals surface area contributed by atoms with Crippen molar-refractivity contribution in [1.29, 1.82) is 0 Å². The third-order valence-electron chi connectivity index (χ3n) is 4.68. The quantitative estimate of drug-likeness (QED) is 0.683. The van der Waals surface area contributed by atoms with E-state index in [4.69, 9.17) is 4.42 Å². The number of carbonyl (C=O) groups is 1. The molecular formula is C19H21N3O2S2. The Morgan fingerprint density at radius 3 is 2.92 bits per heavy atom. The van der Waals surface area contributed by atoms with Gasteiger partial charge in [-0.05, 0) is 56.4 Å². The number of furan rings is 1. The van der Waals surface area contributed by atoms with Crippen molar-refractivity contribution >= 4 is 28.6 Å². The molecule has 1 amide bonds. The minimum atomic E-state index is -0.0581. The molecule has 3 aromatic rings. The topological polar surface area (TPSA) is 58.4 Å². The predicted molar refractivity (Wildman–Crippen MR) is 105 cm³/mol. The van der Waals surface area contributed by atoms with Crippen LogP contribution in [0.3, 0.4) is 0 Å². The van der Waals surface area contributed by atoms with E-state index in [1.165, 1.54) is 24.2 Å². The van der Waals surface area contributed by atoms with Crippen LogP contribution >= 0.6 is 22.7 Å². The summed E-state index contributed by atoms with van der Waals surface area (Å²) in [5.74, 6) is 0.851. The van der Waals surface area contributed by atoms with Crippen LogP contribution in [0.5, 0.6) is 0 Å². The van der Waals surface area contributed by atoms with E-state index in [9.17, 15) is 4.79 Å². The molecule has 1 aliphatic rings. The van der Waals surface area contributed by atoms with Crippen molar-refractivity contribution < 1.29 is 9.21 Å². The first-order valence-corrected chi connectivity index (χ1v) is 10.5. The molecule has 3 aromatic heterocycles. The van der Waals surface area contributed by atoms with Crippen LogP contribution < -0.4 is 5.32 Å². The van der Waals surface area contributed by atoms with Gasteiger partial charge in [0.15, 0.2) is 0 Å². The molecule has 1 saturated heterocycles. The third-order valence-corrected chi connectivity index (χ3v) is 6.57. The van der Waals surface area contributed by atoms with E-state index in [0.717, 1.165) is 35.1 Å². The average molecular weight is 388 g/mol. The largest absolute Gasteiger partial charge is 0.468 e. The second-order valence-electron chi connectivity index (χ2n) is 6.43. The van der Waals surface area contributed by atoms with E-state index in [1.807, 2.05) is 30.5 Å². The van der Waals surface area contributed by atoms with Crippen molar-refractivity contribution in [2.45, 2.75) is 25.8 Å². The molecule has 7 heteroatoms. The summed E-state index contributed by atoms with van der Waals surface area (Å²) < 4.78 is 5.62. The lowest BCUT2D eigenvalue weighted by atomic mass is 10.2. The van der Waals surface area contributed by atoms with Gasteiger partial charge < -0.3 is 9.73 Å². The van der Waals surface area contributed by atoms with Crippen molar-refractivity contribution in [2.24, 2.45) is 0 Å². The van der Waals surface area contributed by atoms with Gasteiger partial charge in [-0.3, -0.25) is 9.69 Å². The molecule has 4 heterocycles. The Kier molecular flexibility index (Phi) is 5.19. The molecule has 0 radical (unpaired) electrons. The number of carbonyl (C=O) groups excluding carboxylic acids is 1. The molecule has 0 bridgehead atoms. The summed E-state index contributed by atoms with van der Waals surface area (Å²) in [6, 6.07) is 6.01. The van der Waals surface area contributed by atoms with Gasteiger partial charge in [-0.15, -0.1) is 11.3 Å². The predicted octanol–water partition coefficient (Wildman–Crippen LogP) is 4.34. The fourth-order valence-electron chi connectivity index (χ4n) is 3.33. The summed E-state index contributed by atoms with van der Waals surface area (Å²) in [6.07, 6.45) is 4.09. The average Bonchev–Trinajstić information content (AvgIpc) is 3.42. The Morgan fingerprint density at radius 2 is 2.23 bits per heavy atom. The van der Waals surface area contributed by atoms with E-state index < -0.39 is 0 Å². The number of nitrogens with one attached hydrogen (secondary N) is 1. The Morgan fingerprint density at radius 1 is 1.38 bits per heavy atom. The normalized spacial score (nSPS) is 16.0. The summed E-state index contributed by atoms with van der Waals surface area (Å²) in [5, 5.41) is 8.07. The fraction of sp³-hybridized carbons (Fsp3) is 0.368. The van der Waals surface area contributed by atoms with Gasteiger partial charge in [-0.1, -0.05) is 0 Å². The van der Waals surface area contributed by atoms with Crippen molar-refractivity contribution in [2.75, 3.05) is 19.6 Å². The number of rotatable bonds is 6. The van der Waals surface area contributed by atoms with E-state index >= 15 is 0 Å². The first-order chi connectivity index (χ1) is 12.7. The molecule has 1 aliphatic heterocycles. The van der Waals surface area contributed by atoms with Crippen LogP contribution in [-0.4, -0.2) is 35.4 Å². The monoisotopic (exact) mass is 387 g/mol. The van der Waals surface area contributed by atoms with Gasteiger partial charge in [-0.2, -0.15) is 11.3 Å². The van der Waals surface area contributed by atoms with Gasteiger partial charge in [0.05, 0.1) is 18.0 Å². The second-order valence-corrected chi connectivity index (χ2v) is 8.21. The maximum atomic E-state index is 12.8. The zero-order valence-electron chi connectivity index (χ0n) is 14.6. The van der Waals surface area contributed by atoms with Crippen LogP contribution in [0.1, 0.15) is 40.0 Å². The molecule has 5 nitrogen and oxygen atoms in total. The lowest BCUT2D eigenvalue weighted by Crippen LogP contribution is -2.36. The zero-order chi connectivity index (χ0) is 17.9. The van der Waals surface area contributed by atoms with Crippen molar-refractivity contribution in [3.8, 4) is 10.6 Å². The molecule has 0 aliphatic carbocycles. The number of hydrogen-bond acceptors (Lipinski definition) is 6. The van der Waals surface area contributed by atoms with Crippen LogP contribution in [0.25, 0.3) is 10.6 Å². The van der Waals surface area contributed by atoms with Crippen LogP contribution in [-0.2, 0) is 0 Å². The minimum absolute atomic E-state index is 0.0581. The maximum absolute atomic E-state index is 12.8. The lowest BCUT2D eigenvalue weighted by molar-refractivity contribution is 0.0937. The van der Waals surface area contributed by atoms with Crippen molar-refractivity contribution in [3.63, 3.8) is 0 Å². The number of hydrogen-bond donors (Lipinski definition) is 1. The SMILES string of the molecule is Cc1nc(-c2ccsc2)sc1C(=O)NCC(c1ccco1)N1CCCC1. The second kappa shape index (κ2) is 7.73. The summed E-state index contributed by atoms with van der Waals surface area (Å²) in [4.78, 5) is 20.4.